The second kappa shape index (κ2) is 7.89. The highest BCUT2D eigenvalue weighted by molar-refractivity contribution is 6.03. The Morgan fingerprint density at radius 3 is 2.73 bits per heavy atom. The Morgan fingerprint density at radius 1 is 1.12 bits per heavy atom. The Bertz CT molecular complexity index is 1490. The highest BCUT2D eigenvalue weighted by Gasteiger charge is 2.24. The van der Waals surface area contributed by atoms with Gasteiger partial charge in [-0.2, -0.15) is 0 Å². The molecule has 0 saturated carbocycles. The van der Waals surface area contributed by atoms with E-state index in [0.29, 0.717) is 23.3 Å². The first kappa shape index (κ1) is 20.9. The van der Waals surface area contributed by atoms with Crippen molar-refractivity contribution in [3.05, 3.63) is 76.9 Å². The number of ether oxygens (including phenoxy) is 2. The number of esters is 1. The largest absolute Gasteiger partial charge is 0.488 e. The van der Waals surface area contributed by atoms with Gasteiger partial charge in [0.2, 0.25) is 0 Å². The lowest BCUT2D eigenvalue weighted by atomic mass is 9.92. The molecule has 0 aliphatic carbocycles. The Balaban J connectivity index is 1.69. The fraction of sp³-hybridized carbons (Fsp3) is 0.222. The van der Waals surface area contributed by atoms with Crippen LogP contribution in [0.3, 0.4) is 0 Å². The van der Waals surface area contributed by atoms with Crippen LogP contribution in [-0.2, 0) is 16.3 Å². The summed E-state index contributed by atoms with van der Waals surface area (Å²) >= 11 is 0. The van der Waals surface area contributed by atoms with Crippen LogP contribution in [-0.4, -0.2) is 22.1 Å². The predicted molar refractivity (Wildman–Crippen MR) is 129 cm³/mol. The summed E-state index contributed by atoms with van der Waals surface area (Å²) in [5.41, 5.74) is 2.41. The molecule has 0 bridgehead atoms. The van der Waals surface area contributed by atoms with Gasteiger partial charge in [-0.1, -0.05) is 48.5 Å². The maximum absolute atomic E-state index is 13.4. The molecule has 6 heteroatoms. The molecule has 0 radical (unpaired) electrons. The first-order valence-corrected chi connectivity index (χ1v) is 10.9. The van der Waals surface area contributed by atoms with E-state index in [1.807, 2.05) is 36.4 Å². The molecule has 0 unspecified atom stereocenters. The summed E-state index contributed by atoms with van der Waals surface area (Å²) < 4.78 is 12.6. The maximum atomic E-state index is 13.4. The van der Waals surface area contributed by atoms with Crippen molar-refractivity contribution in [1.29, 1.82) is 0 Å². The van der Waals surface area contributed by atoms with Crippen molar-refractivity contribution in [2.75, 3.05) is 6.61 Å². The van der Waals surface area contributed by atoms with Crippen molar-refractivity contribution >= 4 is 33.7 Å². The molecule has 2 heterocycles. The normalized spacial score (nSPS) is 13.1. The van der Waals surface area contributed by atoms with Gasteiger partial charge in [-0.05, 0) is 54.8 Å². The highest BCUT2D eigenvalue weighted by atomic mass is 16.5. The van der Waals surface area contributed by atoms with Crippen molar-refractivity contribution in [3.8, 4) is 16.9 Å². The summed E-state index contributed by atoms with van der Waals surface area (Å²) in [5, 5.41) is 2.63. The van der Waals surface area contributed by atoms with Crippen molar-refractivity contribution in [2.24, 2.45) is 5.41 Å². The van der Waals surface area contributed by atoms with E-state index >= 15 is 0 Å². The van der Waals surface area contributed by atoms with Gasteiger partial charge in [-0.15, -0.1) is 0 Å². The van der Waals surface area contributed by atoms with Crippen molar-refractivity contribution in [2.45, 2.75) is 27.5 Å². The zero-order valence-electron chi connectivity index (χ0n) is 18.8. The molecule has 166 valence electrons. The number of carbonyl (C=O) groups is 1. The highest BCUT2D eigenvalue weighted by Crippen LogP contribution is 2.40. The minimum atomic E-state index is -0.658. The molecule has 0 spiro atoms. The average molecular weight is 440 g/mol. The van der Waals surface area contributed by atoms with Crippen LogP contribution in [0.15, 0.2) is 65.7 Å². The van der Waals surface area contributed by atoms with E-state index in [9.17, 15) is 9.59 Å². The molecule has 0 atom stereocenters. The first-order chi connectivity index (χ1) is 15.8. The van der Waals surface area contributed by atoms with Crippen LogP contribution in [0.25, 0.3) is 38.9 Å². The summed E-state index contributed by atoms with van der Waals surface area (Å²) in [6, 6.07) is 16.3. The van der Waals surface area contributed by atoms with Gasteiger partial charge < -0.3 is 9.47 Å². The van der Waals surface area contributed by atoms with Crippen molar-refractivity contribution < 1.29 is 14.3 Å². The van der Waals surface area contributed by atoms with Crippen LogP contribution < -0.4 is 10.3 Å². The Labute approximate surface area is 191 Å². The lowest BCUT2D eigenvalue weighted by Crippen LogP contribution is -2.28. The van der Waals surface area contributed by atoms with Gasteiger partial charge in [-0.3, -0.25) is 14.2 Å². The van der Waals surface area contributed by atoms with Gasteiger partial charge in [0.15, 0.2) is 6.73 Å². The van der Waals surface area contributed by atoms with Crippen LogP contribution in [0.4, 0.5) is 0 Å². The van der Waals surface area contributed by atoms with E-state index in [1.54, 1.807) is 20.8 Å². The van der Waals surface area contributed by atoms with E-state index in [-0.39, 0.29) is 18.3 Å². The molecular weight excluding hydrogens is 416 g/mol. The van der Waals surface area contributed by atoms with Crippen LogP contribution in [0.5, 0.6) is 5.75 Å². The van der Waals surface area contributed by atoms with Gasteiger partial charge in [-0.25, -0.2) is 4.98 Å². The number of rotatable bonds is 3. The molecule has 6 nitrogen and oxygen atoms in total. The molecule has 5 rings (SSSR count). The third-order valence-electron chi connectivity index (χ3n) is 5.75. The summed E-state index contributed by atoms with van der Waals surface area (Å²) in [5.74, 6) is 0.119. The summed E-state index contributed by atoms with van der Waals surface area (Å²) in [4.78, 5) is 30.0. The van der Waals surface area contributed by atoms with E-state index < -0.39 is 5.41 Å². The minimum absolute atomic E-state index is 0.201. The smallest absolute Gasteiger partial charge is 0.312 e. The van der Waals surface area contributed by atoms with Crippen molar-refractivity contribution in [1.82, 2.24) is 9.55 Å². The van der Waals surface area contributed by atoms with Gasteiger partial charge in [0.25, 0.3) is 5.56 Å². The number of benzene rings is 3. The molecule has 0 saturated heterocycles. The monoisotopic (exact) mass is 440 g/mol. The van der Waals surface area contributed by atoms with E-state index in [0.717, 1.165) is 27.5 Å². The number of nitrogens with zero attached hydrogens (tertiary/aromatic N) is 2. The molecular formula is C27H24N2O4. The van der Waals surface area contributed by atoms with Gasteiger partial charge in [0.05, 0.1) is 10.9 Å². The summed E-state index contributed by atoms with van der Waals surface area (Å²) in [7, 11) is 0. The van der Waals surface area contributed by atoms with Gasteiger partial charge >= 0.3 is 5.97 Å². The van der Waals surface area contributed by atoms with Crippen LogP contribution in [0, 0.1) is 5.41 Å². The molecule has 4 aromatic rings. The Hall–Kier alpha value is -3.93. The van der Waals surface area contributed by atoms with E-state index in [2.05, 4.69) is 29.2 Å². The van der Waals surface area contributed by atoms with Gasteiger partial charge in [0, 0.05) is 5.56 Å². The Kier molecular flexibility index (Phi) is 5.01. The average Bonchev–Trinajstić information content (AvgIpc) is 2.82. The third kappa shape index (κ3) is 3.67. The zero-order chi connectivity index (χ0) is 23.2. The molecule has 0 amide bonds. The minimum Gasteiger partial charge on any atom is -0.488 e. The number of fused-ring (bicyclic) bond motifs is 4. The lowest BCUT2D eigenvalue weighted by Gasteiger charge is -2.20. The van der Waals surface area contributed by atoms with E-state index in [1.165, 1.54) is 10.9 Å². The molecule has 0 fully saturated rings. The topological polar surface area (TPSA) is 70.4 Å². The predicted octanol–water partition coefficient (Wildman–Crippen LogP) is 5.17. The third-order valence-corrected chi connectivity index (χ3v) is 5.75. The second-order valence-electron chi connectivity index (χ2n) is 9.13. The van der Waals surface area contributed by atoms with Crippen LogP contribution in [0.1, 0.15) is 26.3 Å². The number of carbonyl (C=O) groups excluding carboxylic acids is 1. The second-order valence-corrected chi connectivity index (χ2v) is 9.13. The van der Waals surface area contributed by atoms with E-state index in [4.69, 9.17) is 9.47 Å². The van der Waals surface area contributed by atoms with Crippen LogP contribution in [0.2, 0.25) is 0 Å². The number of aromatic nitrogens is 2. The summed E-state index contributed by atoms with van der Waals surface area (Å²) in [6.45, 7) is 5.47. The number of hydrogen-bond donors (Lipinski definition) is 0. The number of hydrogen-bond acceptors (Lipinski definition) is 5. The van der Waals surface area contributed by atoms with Crippen molar-refractivity contribution in [3.63, 3.8) is 0 Å². The quantitative estimate of drug-likeness (QED) is 0.411. The lowest BCUT2D eigenvalue weighted by molar-refractivity contribution is -0.157. The SMILES string of the molecule is CC(C)(C)C(=O)OCn1cnc2cc(-c3cccc4ccccc34)c3c(c2c1=O)OCC=C3. The maximum Gasteiger partial charge on any atom is 0.312 e. The molecule has 1 aliphatic rings. The molecule has 33 heavy (non-hydrogen) atoms. The van der Waals surface area contributed by atoms with Gasteiger partial charge in [0.1, 0.15) is 24.1 Å². The Morgan fingerprint density at radius 2 is 1.91 bits per heavy atom. The molecule has 0 N–H and O–H groups in total. The zero-order valence-corrected chi connectivity index (χ0v) is 18.8. The summed E-state index contributed by atoms with van der Waals surface area (Å²) in [6.07, 6.45) is 5.34. The molecule has 1 aliphatic heterocycles. The molecule has 1 aromatic heterocycles. The fourth-order valence-electron chi connectivity index (χ4n) is 4.03. The standard InChI is InChI=1S/C27H24N2O4/c1-27(2,3)26(31)33-16-29-15-28-22-14-21(19-11-6-9-17-8-4-5-10-18(17)19)20-12-7-13-32-24(20)23(22)25(29)30/h4-12,14-15H,13,16H2,1-3H3. The van der Waals surface area contributed by atoms with Crippen LogP contribution >= 0.6 is 0 Å². The fourth-order valence-corrected chi connectivity index (χ4v) is 4.03. The molecule has 3 aromatic carbocycles. The first-order valence-electron chi connectivity index (χ1n) is 10.9.